The summed E-state index contributed by atoms with van der Waals surface area (Å²) in [4.78, 5) is 17.0. The third-order valence-corrected chi connectivity index (χ3v) is 4.43. The smallest absolute Gasteiger partial charge is 0.237 e. The number of hydrogen-bond acceptors (Lipinski definition) is 2. The fourth-order valence-corrected chi connectivity index (χ4v) is 3.60. The Bertz CT molecular complexity index is 470. The average molecular weight is 291 g/mol. The van der Waals surface area contributed by atoms with Crippen molar-refractivity contribution in [1.82, 2.24) is 14.4 Å². The highest BCUT2D eigenvalue weighted by Gasteiger charge is 2.31. The zero-order valence-electron chi connectivity index (χ0n) is 14.0. The number of amides is 1. The van der Waals surface area contributed by atoms with Gasteiger partial charge in [-0.15, -0.1) is 0 Å². The Morgan fingerprint density at radius 2 is 2.00 bits per heavy atom. The second kappa shape index (κ2) is 6.65. The third kappa shape index (κ3) is 3.49. The van der Waals surface area contributed by atoms with E-state index in [1.54, 1.807) is 0 Å². The minimum absolute atomic E-state index is 0.251. The Kier molecular flexibility index (Phi) is 5.09. The van der Waals surface area contributed by atoms with Crippen LogP contribution in [0.25, 0.3) is 0 Å². The van der Waals surface area contributed by atoms with E-state index < -0.39 is 0 Å². The van der Waals surface area contributed by atoms with Crippen molar-refractivity contribution >= 4 is 5.91 Å². The molecule has 0 spiro atoms. The molecule has 21 heavy (non-hydrogen) atoms. The molecule has 1 aromatic heterocycles. The summed E-state index contributed by atoms with van der Waals surface area (Å²) in [7, 11) is 2.09. The van der Waals surface area contributed by atoms with E-state index in [1.165, 1.54) is 12.1 Å². The van der Waals surface area contributed by atoms with Crippen molar-refractivity contribution in [2.24, 2.45) is 7.05 Å². The van der Waals surface area contributed by atoms with Gasteiger partial charge >= 0.3 is 0 Å². The molecule has 0 N–H and O–H groups in total. The summed E-state index contributed by atoms with van der Waals surface area (Å²) >= 11 is 0. The minimum atomic E-state index is 0.251. The average Bonchev–Trinajstić information content (AvgIpc) is 2.96. The lowest BCUT2D eigenvalue weighted by atomic mass is 10.1. The number of nitrogens with zero attached hydrogens (tertiary/aromatic N) is 3. The monoisotopic (exact) mass is 291 g/mol. The van der Waals surface area contributed by atoms with E-state index in [0.29, 0.717) is 12.6 Å². The molecule has 1 aliphatic rings. The van der Waals surface area contributed by atoms with E-state index in [2.05, 4.69) is 62.5 Å². The van der Waals surface area contributed by atoms with Gasteiger partial charge in [-0.2, -0.15) is 0 Å². The highest BCUT2D eigenvalue weighted by Crippen LogP contribution is 2.31. The molecule has 1 fully saturated rings. The summed E-state index contributed by atoms with van der Waals surface area (Å²) in [6, 6.07) is 5.16. The van der Waals surface area contributed by atoms with Crippen LogP contribution in [0.2, 0.25) is 0 Å². The van der Waals surface area contributed by atoms with E-state index in [-0.39, 0.29) is 18.0 Å². The standard InChI is InChI=1S/C17H29N3O/c1-13(2)20(14(3)4)17(21)12-19-11-7-9-16(19)15-8-6-10-18(15)5/h6,8,10,13-14,16H,7,9,11-12H2,1-5H3. The lowest BCUT2D eigenvalue weighted by molar-refractivity contribution is -0.136. The maximum Gasteiger partial charge on any atom is 0.237 e. The van der Waals surface area contributed by atoms with E-state index in [9.17, 15) is 4.79 Å². The Labute approximate surface area is 128 Å². The second-order valence-corrected chi connectivity index (χ2v) is 6.66. The van der Waals surface area contributed by atoms with Crippen molar-refractivity contribution in [3.05, 3.63) is 24.0 Å². The number of aromatic nitrogens is 1. The van der Waals surface area contributed by atoms with E-state index in [4.69, 9.17) is 0 Å². The van der Waals surface area contributed by atoms with Crippen molar-refractivity contribution < 1.29 is 4.79 Å². The van der Waals surface area contributed by atoms with Gasteiger partial charge < -0.3 is 9.47 Å². The Morgan fingerprint density at radius 1 is 1.33 bits per heavy atom. The number of carbonyl (C=O) groups excluding carboxylic acids is 1. The minimum Gasteiger partial charge on any atom is -0.353 e. The fourth-order valence-electron chi connectivity index (χ4n) is 3.60. The molecule has 0 saturated carbocycles. The van der Waals surface area contributed by atoms with Gasteiger partial charge in [-0.1, -0.05) is 0 Å². The maximum absolute atomic E-state index is 12.7. The molecular weight excluding hydrogens is 262 g/mol. The lowest BCUT2D eigenvalue weighted by Crippen LogP contribution is -2.47. The van der Waals surface area contributed by atoms with Crippen molar-refractivity contribution in [3.63, 3.8) is 0 Å². The molecule has 1 aliphatic heterocycles. The summed E-state index contributed by atoms with van der Waals surface area (Å²) in [6.45, 7) is 9.93. The van der Waals surface area contributed by atoms with Crippen molar-refractivity contribution in [2.45, 2.75) is 58.7 Å². The van der Waals surface area contributed by atoms with Crippen LogP contribution in [0.15, 0.2) is 18.3 Å². The van der Waals surface area contributed by atoms with Crippen LogP contribution in [-0.2, 0) is 11.8 Å². The zero-order chi connectivity index (χ0) is 15.6. The van der Waals surface area contributed by atoms with Crippen LogP contribution >= 0.6 is 0 Å². The second-order valence-electron chi connectivity index (χ2n) is 6.66. The molecule has 0 aliphatic carbocycles. The first-order chi connectivity index (χ1) is 9.91. The predicted octanol–water partition coefficient (Wildman–Crippen LogP) is 2.81. The highest BCUT2D eigenvalue weighted by atomic mass is 16.2. The Hall–Kier alpha value is -1.29. The first-order valence-corrected chi connectivity index (χ1v) is 8.08. The quantitative estimate of drug-likeness (QED) is 0.834. The molecule has 0 aromatic carbocycles. The molecule has 1 atom stereocenters. The summed E-state index contributed by atoms with van der Waals surface area (Å²) in [5.41, 5.74) is 1.32. The van der Waals surface area contributed by atoms with Crippen molar-refractivity contribution in [3.8, 4) is 0 Å². The van der Waals surface area contributed by atoms with Crippen molar-refractivity contribution in [1.29, 1.82) is 0 Å². The largest absolute Gasteiger partial charge is 0.353 e. The van der Waals surface area contributed by atoms with Gasteiger partial charge in [0.15, 0.2) is 0 Å². The maximum atomic E-state index is 12.7. The summed E-state index contributed by atoms with van der Waals surface area (Å²) in [5, 5.41) is 0. The number of aryl methyl sites for hydroxylation is 1. The van der Waals surface area contributed by atoms with Gasteiger partial charge in [-0.3, -0.25) is 9.69 Å². The third-order valence-electron chi connectivity index (χ3n) is 4.43. The van der Waals surface area contributed by atoms with Crippen molar-refractivity contribution in [2.75, 3.05) is 13.1 Å². The van der Waals surface area contributed by atoms with Crippen LogP contribution in [0.4, 0.5) is 0 Å². The van der Waals surface area contributed by atoms with Crippen LogP contribution in [0.5, 0.6) is 0 Å². The van der Waals surface area contributed by atoms with E-state index in [1.807, 2.05) is 4.90 Å². The summed E-state index contributed by atoms with van der Waals surface area (Å²) in [6.07, 6.45) is 4.41. The molecule has 1 aromatic rings. The van der Waals surface area contributed by atoms with Gasteiger partial charge in [-0.25, -0.2) is 0 Å². The molecule has 1 unspecified atom stereocenters. The number of carbonyl (C=O) groups is 1. The highest BCUT2D eigenvalue weighted by molar-refractivity contribution is 5.79. The number of hydrogen-bond donors (Lipinski definition) is 0. The van der Waals surface area contributed by atoms with Crippen LogP contribution in [0, 0.1) is 0 Å². The number of likely N-dealkylation sites (tertiary alicyclic amines) is 1. The number of rotatable bonds is 5. The van der Waals surface area contributed by atoms with Gasteiger partial charge in [0.1, 0.15) is 0 Å². The summed E-state index contributed by atoms with van der Waals surface area (Å²) < 4.78 is 2.18. The first-order valence-electron chi connectivity index (χ1n) is 8.08. The van der Waals surface area contributed by atoms with Gasteiger partial charge in [-0.05, 0) is 59.2 Å². The van der Waals surface area contributed by atoms with Crippen LogP contribution in [-0.4, -0.2) is 45.4 Å². The predicted molar refractivity (Wildman–Crippen MR) is 86.1 cm³/mol. The molecule has 0 bridgehead atoms. The lowest BCUT2D eigenvalue weighted by Gasteiger charge is -2.33. The molecule has 2 rings (SSSR count). The fraction of sp³-hybridized carbons (Fsp3) is 0.706. The first kappa shape index (κ1) is 16.1. The zero-order valence-corrected chi connectivity index (χ0v) is 14.0. The molecular formula is C17H29N3O. The topological polar surface area (TPSA) is 28.5 Å². The van der Waals surface area contributed by atoms with Crippen LogP contribution < -0.4 is 0 Å². The van der Waals surface area contributed by atoms with Crippen LogP contribution in [0.3, 0.4) is 0 Å². The van der Waals surface area contributed by atoms with Gasteiger partial charge in [0.25, 0.3) is 0 Å². The SMILES string of the molecule is CC(C)N(C(=O)CN1CCCC1c1cccn1C)C(C)C. The summed E-state index contributed by atoms with van der Waals surface area (Å²) in [5.74, 6) is 0.251. The Morgan fingerprint density at radius 3 is 2.52 bits per heavy atom. The molecule has 1 saturated heterocycles. The van der Waals surface area contributed by atoms with Crippen LogP contribution in [0.1, 0.15) is 52.3 Å². The molecule has 1 amide bonds. The molecule has 0 radical (unpaired) electrons. The molecule has 4 nitrogen and oxygen atoms in total. The normalized spacial score (nSPS) is 19.7. The Balaban J connectivity index is 2.08. The van der Waals surface area contributed by atoms with Gasteiger partial charge in [0.05, 0.1) is 12.6 Å². The van der Waals surface area contributed by atoms with E-state index in [0.717, 1.165) is 13.0 Å². The molecule has 118 valence electrons. The molecule has 4 heteroatoms. The van der Waals surface area contributed by atoms with E-state index >= 15 is 0 Å². The van der Waals surface area contributed by atoms with Gasteiger partial charge in [0, 0.05) is 31.0 Å². The van der Waals surface area contributed by atoms with Gasteiger partial charge in [0.2, 0.25) is 5.91 Å². The molecule has 2 heterocycles.